The van der Waals surface area contributed by atoms with Gasteiger partial charge in [0.05, 0.1) is 16.6 Å². The van der Waals surface area contributed by atoms with Crippen LogP contribution in [0.2, 0.25) is 0 Å². The molecule has 5 nitrogen and oxygen atoms in total. The normalized spacial score (nSPS) is 11.5. The summed E-state index contributed by atoms with van der Waals surface area (Å²) in [7, 11) is 0. The molecule has 0 saturated heterocycles. The molecule has 7 aromatic carbocycles. The number of imidazole rings is 1. The molecule has 0 aliphatic carbocycles. The molecule has 0 fully saturated rings. The summed E-state index contributed by atoms with van der Waals surface area (Å²) >= 11 is 0. The van der Waals surface area contributed by atoms with Crippen LogP contribution >= 0.6 is 0 Å². The van der Waals surface area contributed by atoms with Crippen molar-refractivity contribution in [3.63, 3.8) is 0 Å². The second-order valence-corrected chi connectivity index (χ2v) is 13.9. The van der Waals surface area contributed by atoms with E-state index in [1.54, 1.807) is 0 Å². The average Bonchev–Trinajstić information content (AvgIpc) is 3.74. The Morgan fingerprint density at radius 3 is 1.33 bits per heavy atom. The third kappa shape index (κ3) is 5.37. The van der Waals surface area contributed by atoms with Crippen LogP contribution in [0.3, 0.4) is 0 Å². The van der Waals surface area contributed by atoms with E-state index in [0.717, 1.165) is 39.2 Å². The van der Waals surface area contributed by atoms with Gasteiger partial charge < -0.3 is 0 Å². The van der Waals surface area contributed by atoms with Crippen molar-refractivity contribution in [1.82, 2.24) is 23.9 Å². The third-order valence-corrected chi connectivity index (χ3v) is 10.3. The minimum absolute atomic E-state index is 0.648. The van der Waals surface area contributed by atoms with Crippen molar-refractivity contribution in [3.8, 4) is 62.1 Å². The minimum Gasteiger partial charge on any atom is -0.293 e. The molecule has 0 unspecified atom stereocenters. The highest BCUT2D eigenvalue weighted by atomic mass is 15.1. The molecule has 0 aliphatic heterocycles. The minimum atomic E-state index is 0.648. The zero-order valence-corrected chi connectivity index (χ0v) is 30.0. The SMILES string of the molecule is Cc1ccc(-c2nc(-c3ccc(C)cc3)nc(-c3ccc(-c4ccc(-n5c6ccccc6n6c7ccccc7c(-c7ccccc7)c56)cc4)cc3)n2)cc1. The van der Waals surface area contributed by atoms with Gasteiger partial charge in [0.2, 0.25) is 0 Å². The maximum absolute atomic E-state index is 4.96. The molecule has 10 rings (SSSR count). The fourth-order valence-corrected chi connectivity index (χ4v) is 7.57. The predicted octanol–water partition coefficient (Wildman–Crippen LogP) is 12.2. The summed E-state index contributed by atoms with van der Waals surface area (Å²) in [6, 6.07) is 62.2. The van der Waals surface area contributed by atoms with Crippen LogP contribution in [0.5, 0.6) is 0 Å². The van der Waals surface area contributed by atoms with E-state index in [-0.39, 0.29) is 0 Å². The number of nitrogens with zero attached hydrogens (tertiary/aromatic N) is 5. The summed E-state index contributed by atoms with van der Waals surface area (Å²) < 4.78 is 4.82. The molecule has 5 heteroatoms. The molecular formula is C49H35N5. The summed E-state index contributed by atoms with van der Waals surface area (Å²) in [5, 5.41) is 1.24. The van der Waals surface area contributed by atoms with Gasteiger partial charge in [-0.2, -0.15) is 0 Å². The molecule has 0 bridgehead atoms. The zero-order chi connectivity index (χ0) is 36.2. The monoisotopic (exact) mass is 693 g/mol. The Morgan fingerprint density at radius 2 is 0.778 bits per heavy atom. The Kier molecular flexibility index (Phi) is 7.51. The second kappa shape index (κ2) is 12.8. The maximum Gasteiger partial charge on any atom is 0.164 e. The summed E-state index contributed by atoms with van der Waals surface area (Å²) in [4.78, 5) is 14.8. The largest absolute Gasteiger partial charge is 0.293 e. The molecule has 0 amide bonds. The highest BCUT2D eigenvalue weighted by Crippen LogP contribution is 2.41. The van der Waals surface area contributed by atoms with Crippen LogP contribution in [0.15, 0.2) is 176 Å². The Morgan fingerprint density at radius 1 is 0.352 bits per heavy atom. The Balaban J connectivity index is 1.05. The Bertz CT molecular complexity index is 2890. The van der Waals surface area contributed by atoms with E-state index in [0.29, 0.717) is 17.5 Å². The van der Waals surface area contributed by atoms with Crippen LogP contribution in [-0.2, 0) is 0 Å². The van der Waals surface area contributed by atoms with Crippen molar-refractivity contribution in [2.75, 3.05) is 0 Å². The average molecular weight is 694 g/mol. The zero-order valence-electron chi connectivity index (χ0n) is 30.0. The van der Waals surface area contributed by atoms with Crippen LogP contribution in [0.25, 0.3) is 89.7 Å². The number of fused-ring (bicyclic) bond motifs is 5. The number of benzene rings is 7. The third-order valence-electron chi connectivity index (χ3n) is 10.3. The first-order valence-electron chi connectivity index (χ1n) is 18.3. The van der Waals surface area contributed by atoms with Crippen LogP contribution in [-0.4, -0.2) is 23.9 Å². The van der Waals surface area contributed by atoms with Crippen molar-refractivity contribution in [2.45, 2.75) is 13.8 Å². The van der Waals surface area contributed by atoms with E-state index >= 15 is 0 Å². The van der Waals surface area contributed by atoms with Gasteiger partial charge in [-0.15, -0.1) is 0 Å². The first-order chi connectivity index (χ1) is 26.6. The second-order valence-electron chi connectivity index (χ2n) is 13.9. The van der Waals surface area contributed by atoms with Crippen molar-refractivity contribution in [1.29, 1.82) is 0 Å². The summed E-state index contributed by atoms with van der Waals surface area (Å²) in [5.41, 5.74) is 15.8. The van der Waals surface area contributed by atoms with Crippen LogP contribution < -0.4 is 0 Å². The van der Waals surface area contributed by atoms with E-state index in [4.69, 9.17) is 15.0 Å². The Hall–Kier alpha value is -7.11. The topological polar surface area (TPSA) is 48.0 Å². The summed E-state index contributed by atoms with van der Waals surface area (Å²) in [6.07, 6.45) is 0. The molecule has 0 saturated carbocycles. The van der Waals surface area contributed by atoms with Gasteiger partial charge in [-0.25, -0.2) is 15.0 Å². The van der Waals surface area contributed by atoms with Gasteiger partial charge in [0.1, 0.15) is 5.65 Å². The standard InChI is InChI=1S/C49H35N5/c1-32-16-20-37(21-17-32)46-50-47(38-22-18-33(2)19-23-38)52-48(51-46)39-26-24-34(25-27-39)35-28-30-40(31-29-35)53-43-14-8-9-15-44(43)54-42-13-7-6-12-41(42)45(49(53)54)36-10-4-3-5-11-36/h3-31H,1-2H3. The molecule has 0 N–H and O–H groups in total. The lowest BCUT2D eigenvalue weighted by molar-refractivity contribution is 1.07. The molecule has 0 spiro atoms. The van der Waals surface area contributed by atoms with Crippen LogP contribution in [0.4, 0.5) is 0 Å². The van der Waals surface area contributed by atoms with E-state index in [9.17, 15) is 0 Å². The number of para-hydroxylation sites is 3. The van der Waals surface area contributed by atoms with E-state index in [1.807, 2.05) is 0 Å². The molecule has 0 aliphatic rings. The van der Waals surface area contributed by atoms with E-state index in [1.165, 1.54) is 44.2 Å². The van der Waals surface area contributed by atoms with Gasteiger partial charge >= 0.3 is 0 Å². The van der Waals surface area contributed by atoms with Crippen molar-refractivity contribution >= 4 is 27.6 Å². The van der Waals surface area contributed by atoms with Crippen LogP contribution in [0, 0.1) is 13.8 Å². The van der Waals surface area contributed by atoms with Gasteiger partial charge in [0, 0.05) is 33.3 Å². The van der Waals surface area contributed by atoms with Gasteiger partial charge in [-0.05, 0) is 60.9 Å². The van der Waals surface area contributed by atoms with Gasteiger partial charge in [-0.3, -0.25) is 8.97 Å². The van der Waals surface area contributed by atoms with Gasteiger partial charge in [-0.1, -0.05) is 157 Å². The lowest BCUT2D eigenvalue weighted by Crippen LogP contribution is -2.00. The summed E-state index contributed by atoms with van der Waals surface area (Å²) in [5.74, 6) is 1.97. The highest BCUT2D eigenvalue weighted by molar-refractivity contribution is 6.09. The predicted molar refractivity (Wildman–Crippen MR) is 222 cm³/mol. The van der Waals surface area contributed by atoms with E-state index in [2.05, 4.69) is 199 Å². The molecule has 0 atom stereocenters. The van der Waals surface area contributed by atoms with Crippen LogP contribution in [0.1, 0.15) is 11.1 Å². The number of aromatic nitrogens is 5. The first kappa shape index (κ1) is 31.6. The van der Waals surface area contributed by atoms with E-state index < -0.39 is 0 Å². The number of hydrogen-bond donors (Lipinski definition) is 0. The first-order valence-corrected chi connectivity index (χ1v) is 18.3. The van der Waals surface area contributed by atoms with Gasteiger partial charge in [0.15, 0.2) is 17.5 Å². The van der Waals surface area contributed by atoms with Crippen molar-refractivity contribution < 1.29 is 0 Å². The van der Waals surface area contributed by atoms with Crippen molar-refractivity contribution in [2.24, 2.45) is 0 Å². The number of hydrogen-bond acceptors (Lipinski definition) is 3. The quantitative estimate of drug-likeness (QED) is 0.174. The molecule has 54 heavy (non-hydrogen) atoms. The molecule has 10 aromatic rings. The maximum atomic E-state index is 4.96. The summed E-state index contributed by atoms with van der Waals surface area (Å²) in [6.45, 7) is 4.17. The fraction of sp³-hybridized carbons (Fsp3) is 0.0408. The number of aryl methyl sites for hydroxylation is 2. The molecule has 0 radical (unpaired) electrons. The molecule has 3 heterocycles. The molecule has 256 valence electrons. The Labute approximate surface area is 313 Å². The molecular weight excluding hydrogens is 659 g/mol. The number of rotatable bonds is 6. The lowest BCUT2D eigenvalue weighted by atomic mass is 10.0. The van der Waals surface area contributed by atoms with Crippen molar-refractivity contribution in [3.05, 3.63) is 187 Å². The lowest BCUT2D eigenvalue weighted by Gasteiger charge is -2.11. The smallest absolute Gasteiger partial charge is 0.164 e. The highest BCUT2D eigenvalue weighted by Gasteiger charge is 2.22. The fourth-order valence-electron chi connectivity index (χ4n) is 7.57. The molecule has 3 aromatic heterocycles. The van der Waals surface area contributed by atoms with Gasteiger partial charge in [0.25, 0.3) is 0 Å².